The molecule has 0 unspecified atom stereocenters. The van der Waals surface area contributed by atoms with Gasteiger partial charge in [0.25, 0.3) is 0 Å². The zero-order valence-corrected chi connectivity index (χ0v) is 8.51. The van der Waals surface area contributed by atoms with E-state index in [-0.39, 0.29) is 0 Å². The average molecular weight is 195 g/mol. The summed E-state index contributed by atoms with van der Waals surface area (Å²) in [4.78, 5) is 3.29. The summed E-state index contributed by atoms with van der Waals surface area (Å²) >= 11 is 0. The highest BCUT2D eigenvalue weighted by Crippen LogP contribution is 2.31. The molecule has 0 spiro atoms. The predicted octanol–water partition coefficient (Wildman–Crippen LogP) is 4.15. The van der Waals surface area contributed by atoms with Crippen LogP contribution in [0.5, 0.6) is 0 Å². The number of benzene rings is 2. The van der Waals surface area contributed by atoms with E-state index in [9.17, 15) is 0 Å². The van der Waals surface area contributed by atoms with Gasteiger partial charge in [0.05, 0.1) is 5.56 Å². The summed E-state index contributed by atoms with van der Waals surface area (Å²) in [6, 6.07) is 15.6. The van der Waals surface area contributed by atoms with Crippen LogP contribution < -0.4 is 0 Å². The molecule has 0 atom stereocenters. The summed E-state index contributed by atoms with van der Waals surface area (Å²) < 4.78 is 0. The zero-order chi connectivity index (χ0) is 10.7. The van der Waals surface area contributed by atoms with Crippen LogP contribution in [0.25, 0.3) is 16.1 Å². The first-order valence-electron chi connectivity index (χ1n) is 4.83. The summed E-state index contributed by atoms with van der Waals surface area (Å²) in [5.41, 5.74) is 3.84. The molecule has 2 nitrogen and oxygen atoms in total. The normalized spacial score (nSPS) is 9.60. The molecule has 2 aromatic rings. The molecule has 72 valence electrons. The van der Waals surface area contributed by atoms with Crippen molar-refractivity contribution >= 4 is 5.69 Å². The van der Waals surface area contributed by atoms with Crippen LogP contribution in [-0.2, 0) is 0 Å². The van der Waals surface area contributed by atoms with E-state index in [0.29, 0.717) is 5.69 Å². The lowest BCUT2D eigenvalue weighted by atomic mass is 9.99. The van der Waals surface area contributed by atoms with E-state index in [1.807, 2.05) is 49.4 Å². The minimum atomic E-state index is 0.604. The quantitative estimate of drug-likeness (QED) is 0.628. The van der Waals surface area contributed by atoms with E-state index < -0.39 is 0 Å². The van der Waals surface area contributed by atoms with Crippen molar-refractivity contribution in [3.05, 3.63) is 59.1 Å². The summed E-state index contributed by atoms with van der Waals surface area (Å²) in [7, 11) is 0. The van der Waals surface area contributed by atoms with Crippen molar-refractivity contribution in [1.29, 1.82) is 5.39 Å². The van der Waals surface area contributed by atoms with Gasteiger partial charge >= 0.3 is 5.69 Å². The van der Waals surface area contributed by atoms with Crippen molar-refractivity contribution in [3.8, 4) is 11.1 Å². The maximum absolute atomic E-state index is 8.90. The lowest BCUT2D eigenvalue weighted by molar-refractivity contribution is 1.43. The van der Waals surface area contributed by atoms with Gasteiger partial charge in [-0.3, -0.25) is 0 Å². The molecule has 0 aromatic heterocycles. The lowest BCUT2D eigenvalue weighted by Gasteiger charge is -2.02. The Kier molecular flexibility index (Phi) is 2.47. The van der Waals surface area contributed by atoms with Gasteiger partial charge in [-0.25, -0.2) is 0 Å². The molecule has 0 radical (unpaired) electrons. The molecular weight excluding hydrogens is 184 g/mol. The molecule has 0 bridgehead atoms. The Bertz CT molecular complexity index is 524. The Balaban J connectivity index is 2.65. The maximum Gasteiger partial charge on any atom is 0.392 e. The van der Waals surface area contributed by atoms with E-state index in [4.69, 9.17) is 5.39 Å². The molecule has 0 amide bonds. The van der Waals surface area contributed by atoms with E-state index in [2.05, 4.69) is 4.98 Å². The molecule has 0 saturated carbocycles. The van der Waals surface area contributed by atoms with E-state index >= 15 is 0 Å². The first kappa shape index (κ1) is 9.42. The summed E-state index contributed by atoms with van der Waals surface area (Å²) in [5.74, 6) is 0. The van der Waals surface area contributed by atoms with Crippen LogP contribution in [0.4, 0.5) is 5.69 Å². The summed E-state index contributed by atoms with van der Waals surface area (Å²) in [6.07, 6.45) is 0. The van der Waals surface area contributed by atoms with Gasteiger partial charge in [0.1, 0.15) is 0 Å². The highest BCUT2D eigenvalue weighted by Gasteiger charge is 2.14. The Morgan fingerprint density at radius 1 is 0.867 bits per heavy atom. The van der Waals surface area contributed by atoms with E-state index in [0.717, 1.165) is 11.1 Å². The highest BCUT2D eigenvalue weighted by molar-refractivity contribution is 5.79. The van der Waals surface area contributed by atoms with Crippen LogP contribution in [-0.4, -0.2) is 0 Å². The molecule has 15 heavy (non-hydrogen) atoms. The number of rotatable bonds is 1. The van der Waals surface area contributed by atoms with Crippen LogP contribution in [0, 0.1) is 12.3 Å². The standard InChI is InChI=1S/C13H11N2/c1-10-6-2-3-7-11(10)12-8-4-5-9-13(12)15-14/h2-9H,1H3/q+1. The third-order valence-corrected chi connectivity index (χ3v) is 2.45. The van der Waals surface area contributed by atoms with E-state index in [1.165, 1.54) is 5.56 Å². The highest BCUT2D eigenvalue weighted by atomic mass is 14.8. The topological polar surface area (TPSA) is 28.1 Å². The number of hydrogen-bond donors (Lipinski definition) is 0. The van der Waals surface area contributed by atoms with Gasteiger partial charge in [0.2, 0.25) is 5.39 Å². The van der Waals surface area contributed by atoms with Crippen LogP contribution in [0.3, 0.4) is 0 Å². The second-order valence-corrected chi connectivity index (χ2v) is 3.43. The van der Waals surface area contributed by atoms with E-state index in [1.54, 1.807) is 6.07 Å². The second kappa shape index (κ2) is 3.93. The van der Waals surface area contributed by atoms with Gasteiger partial charge in [-0.2, -0.15) is 0 Å². The third kappa shape index (κ3) is 1.72. The first-order valence-corrected chi connectivity index (χ1v) is 4.83. The molecule has 0 aliphatic heterocycles. The van der Waals surface area contributed by atoms with Gasteiger partial charge in [0, 0.05) is 6.07 Å². The van der Waals surface area contributed by atoms with Crippen molar-refractivity contribution in [2.24, 2.45) is 0 Å². The molecule has 2 heteroatoms. The fourth-order valence-electron chi connectivity index (χ4n) is 1.66. The number of diazo groups is 1. The second-order valence-electron chi connectivity index (χ2n) is 3.43. The molecule has 2 rings (SSSR count). The maximum atomic E-state index is 8.90. The summed E-state index contributed by atoms with van der Waals surface area (Å²) in [6.45, 7) is 2.05. The average Bonchev–Trinajstić information content (AvgIpc) is 2.30. The van der Waals surface area contributed by atoms with Gasteiger partial charge < -0.3 is 0 Å². The van der Waals surface area contributed by atoms with Crippen molar-refractivity contribution in [3.63, 3.8) is 0 Å². The Morgan fingerprint density at radius 2 is 1.47 bits per heavy atom. The monoisotopic (exact) mass is 195 g/mol. The molecule has 0 saturated heterocycles. The Hall–Kier alpha value is -2.14. The molecule has 0 aliphatic carbocycles. The predicted molar refractivity (Wildman–Crippen MR) is 61.4 cm³/mol. The van der Waals surface area contributed by atoms with Crippen LogP contribution >= 0.6 is 0 Å². The minimum absolute atomic E-state index is 0.604. The van der Waals surface area contributed by atoms with Crippen LogP contribution in [0.2, 0.25) is 0 Å². The van der Waals surface area contributed by atoms with Crippen molar-refractivity contribution in [2.45, 2.75) is 6.92 Å². The van der Waals surface area contributed by atoms with Gasteiger partial charge in [-0.05, 0) is 24.1 Å². The van der Waals surface area contributed by atoms with Gasteiger partial charge in [0.15, 0.2) is 4.98 Å². The summed E-state index contributed by atoms with van der Waals surface area (Å²) in [5, 5.41) is 8.90. The fraction of sp³-hybridized carbons (Fsp3) is 0.0769. The largest absolute Gasteiger partial charge is 0.392 e. The van der Waals surface area contributed by atoms with Crippen molar-refractivity contribution < 1.29 is 0 Å². The Labute approximate surface area is 88.8 Å². The van der Waals surface area contributed by atoms with Crippen LogP contribution in [0.15, 0.2) is 48.5 Å². The van der Waals surface area contributed by atoms with Crippen LogP contribution in [0.1, 0.15) is 5.56 Å². The SMILES string of the molecule is Cc1ccccc1-c1ccccc1[N+]#N. The van der Waals surface area contributed by atoms with Crippen molar-refractivity contribution in [1.82, 2.24) is 0 Å². The van der Waals surface area contributed by atoms with Gasteiger partial charge in [-0.15, -0.1) is 0 Å². The minimum Gasteiger partial charge on any atom is -0.0620 e. The van der Waals surface area contributed by atoms with Gasteiger partial charge in [-0.1, -0.05) is 36.4 Å². The first-order chi connectivity index (χ1) is 7.33. The molecule has 0 aliphatic rings. The lowest BCUT2D eigenvalue weighted by Crippen LogP contribution is -1.82. The Morgan fingerprint density at radius 3 is 2.13 bits per heavy atom. The van der Waals surface area contributed by atoms with Crippen molar-refractivity contribution in [2.75, 3.05) is 0 Å². The molecule has 0 N–H and O–H groups in total. The number of hydrogen-bond acceptors (Lipinski definition) is 1. The number of nitrogens with zero attached hydrogens (tertiary/aromatic N) is 2. The number of aryl methyl sites for hydroxylation is 1. The fourth-order valence-corrected chi connectivity index (χ4v) is 1.66. The molecule has 0 heterocycles. The molecular formula is C13H11N2+. The molecule has 0 fully saturated rings. The zero-order valence-electron chi connectivity index (χ0n) is 8.51. The third-order valence-electron chi connectivity index (χ3n) is 2.45. The smallest absolute Gasteiger partial charge is 0.0620 e. The molecule has 2 aromatic carbocycles.